The highest BCUT2D eigenvalue weighted by molar-refractivity contribution is 5.85. The Labute approximate surface area is 169 Å². The van der Waals surface area contributed by atoms with Gasteiger partial charge < -0.3 is 5.32 Å². The van der Waals surface area contributed by atoms with E-state index in [9.17, 15) is 4.79 Å². The summed E-state index contributed by atoms with van der Waals surface area (Å²) in [5, 5.41) is 7.71. The van der Waals surface area contributed by atoms with Gasteiger partial charge in [0, 0.05) is 49.5 Å². The van der Waals surface area contributed by atoms with Gasteiger partial charge in [-0.15, -0.1) is 12.4 Å². The van der Waals surface area contributed by atoms with E-state index < -0.39 is 0 Å². The quantitative estimate of drug-likeness (QED) is 0.689. The molecule has 1 unspecified atom stereocenters. The van der Waals surface area contributed by atoms with Crippen LogP contribution in [0.3, 0.4) is 0 Å². The van der Waals surface area contributed by atoms with Gasteiger partial charge in [0.15, 0.2) is 0 Å². The van der Waals surface area contributed by atoms with E-state index in [2.05, 4.69) is 20.6 Å². The number of hydrogen-bond donors (Lipinski definition) is 2. The molecule has 3 aromatic rings. The first-order chi connectivity index (χ1) is 13.1. The van der Waals surface area contributed by atoms with E-state index in [4.69, 9.17) is 4.98 Å². The minimum Gasteiger partial charge on any atom is -0.312 e. The van der Waals surface area contributed by atoms with Crippen LogP contribution in [0, 0.1) is 0 Å². The summed E-state index contributed by atoms with van der Waals surface area (Å²) >= 11 is 0. The molecule has 0 aromatic carbocycles. The van der Waals surface area contributed by atoms with Crippen LogP contribution in [0.15, 0.2) is 47.5 Å². The maximum absolute atomic E-state index is 12.4. The van der Waals surface area contributed by atoms with Crippen LogP contribution in [-0.4, -0.2) is 45.3 Å². The average molecular weight is 402 g/mol. The molecule has 0 saturated carbocycles. The van der Waals surface area contributed by atoms with Crippen LogP contribution in [0.1, 0.15) is 19.9 Å². The molecule has 0 aliphatic carbocycles. The van der Waals surface area contributed by atoms with Gasteiger partial charge in [-0.3, -0.25) is 19.6 Å². The molecule has 0 radical (unpaired) electrons. The second-order valence-corrected chi connectivity index (χ2v) is 6.82. The molecule has 1 aliphatic rings. The highest BCUT2D eigenvalue weighted by atomic mass is 35.5. The van der Waals surface area contributed by atoms with E-state index >= 15 is 0 Å². The molecule has 1 fully saturated rings. The van der Waals surface area contributed by atoms with Crippen molar-refractivity contribution in [3.63, 3.8) is 0 Å². The summed E-state index contributed by atoms with van der Waals surface area (Å²) in [6.07, 6.45) is 3.49. The fourth-order valence-corrected chi connectivity index (χ4v) is 3.36. The van der Waals surface area contributed by atoms with E-state index in [-0.39, 0.29) is 30.2 Å². The van der Waals surface area contributed by atoms with Crippen molar-refractivity contribution in [1.29, 1.82) is 0 Å². The normalized spacial score (nSPS) is 16.8. The van der Waals surface area contributed by atoms with Crippen molar-refractivity contribution >= 4 is 35.2 Å². The Morgan fingerprint density at radius 2 is 2.04 bits per heavy atom. The molecule has 0 bridgehead atoms. The van der Waals surface area contributed by atoms with Crippen molar-refractivity contribution < 1.29 is 0 Å². The number of halogens is 1. The molecule has 9 heteroatoms. The zero-order valence-corrected chi connectivity index (χ0v) is 16.7. The number of anilines is 2. The smallest absolute Gasteiger partial charge is 0.252 e. The van der Waals surface area contributed by atoms with Gasteiger partial charge in [0.25, 0.3) is 5.56 Å². The minimum absolute atomic E-state index is 0. The van der Waals surface area contributed by atoms with Gasteiger partial charge in [0.1, 0.15) is 17.6 Å². The molecule has 2 N–H and O–H groups in total. The van der Waals surface area contributed by atoms with Gasteiger partial charge in [-0.05, 0) is 32.0 Å². The maximum Gasteiger partial charge on any atom is 0.252 e. The Bertz CT molecular complexity index is 986. The highest BCUT2D eigenvalue weighted by Crippen LogP contribution is 2.24. The molecule has 1 aliphatic heterocycles. The van der Waals surface area contributed by atoms with Crippen molar-refractivity contribution in [3.05, 3.63) is 53.1 Å². The van der Waals surface area contributed by atoms with E-state index in [1.165, 1.54) is 0 Å². The largest absolute Gasteiger partial charge is 0.312 e. The minimum atomic E-state index is -0.0657. The SMILES string of the molecule is CC(C)n1c(=O)ccc2cnc(N(c3ccccn3)C3CNCCN3)nc21.Cl. The van der Waals surface area contributed by atoms with E-state index in [1.807, 2.05) is 36.9 Å². The Morgan fingerprint density at radius 3 is 2.71 bits per heavy atom. The van der Waals surface area contributed by atoms with Crippen molar-refractivity contribution in [2.75, 3.05) is 24.5 Å². The summed E-state index contributed by atoms with van der Waals surface area (Å²) in [6, 6.07) is 9.09. The molecule has 0 spiro atoms. The lowest BCUT2D eigenvalue weighted by Crippen LogP contribution is -2.56. The van der Waals surface area contributed by atoms with Crippen LogP contribution in [-0.2, 0) is 0 Å². The monoisotopic (exact) mass is 401 g/mol. The van der Waals surface area contributed by atoms with Crippen molar-refractivity contribution in [2.45, 2.75) is 26.1 Å². The van der Waals surface area contributed by atoms with E-state index in [0.717, 1.165) is 30.8 Å². The summed E-state index contributed by atoms with van der Waals surface area (Å²) in [5.74, 6) is 1.27. The third-order valence-electron chi connectivity index (χ3n) is 4.61. The van der Waals surface area contributed by atoms with Gasteiger partial charge in [-0.2, -0.15) is 4.98 Å². The molecule has 148 valence electrons. The third kappa shape index (κ3) is 3.84. The molecule has 4 rings (SSSR count). The Kier molecular flexibility index (Phi) is 6.23. The average Bonchev–Trinajstić information content (AvgIpc) is 2.69. The zero-order chi connectivity index (χ0) is 18.8. The summed E-state index contributed by atoms with van der Waals surface area (Å²) < 4.78 is 1.70. The van der Waals surface area contributed by atoms with Gasteiger partial charge in [0.05, 0.1) is 0 Å². The predicted octanol–water partition coefficient (Wildman–Crippen LogP) is 1.85. The first-order valence-corrected chi connectivity index (χ1v) is 9.18. The number of piperazine rings is 1. The molecule has 3 aromatic heterocycles. The van der Waals surface area contributed by atoms with Gasteiger partial charge in [-0.25, -0.2) is 9.97 Å². The fourth-order valence-electron chi connectivity index (χ4n) is 3.36. The van der Waals surface area contributed by atoms with Crippen LogP contribution in [0.5, 0.6) is 0 Å². The van der Waals surface area contributed by atoms with Crippen molar-refractivity contribution in [3.8, 4) is 0 Å². The Balaban J connectivity index is 0.00000225. The van der Waals surface area contributed by atoms with E-state index in [0.29, 0.717) is 11.6 Å². The standard InChI is InChI=1S/C19H23N7O.ClH/c1-13(2)25-17(27)7-6-14-11-23-19(24-18(14)25)26(15-5-3-4-8-21-15)16-12-20-9-10-22-16;/h3-8,11,13,16,20,22H,9-10,12H2,1-2H3;1H. The zero-order valence-electron chi connectivity index (χ0n) is 15.9. The lowest BCUT2D eigenvalue weighted by molar-refractivity contribution is 0.418. The number of pyridine rings is 2. The van der Waals surface area contributed by atoms with E-state index in [1.54, 1.807) is 29.1 Å². The fraction of sp³-hybridized carbons (Fsp3) is 0.368. The first kappa shape index (κ1) is 20.2. The third-order valence-corrected chi connectivity index (χ3v) is 4.61. The lowest BCUT2D eigenvalue weighted by atomic mass is 10.3. The number of rotatable bonds is 4. The molecule has 1 atom stereocenters. The summed E-state index contributed by atoms with van der Waals surface area (Å²) in [5.41, 5.74) is 0.566. The van der Waals surface area contributed by atoms with Gasteiger partial charge in [0.2, 0.25) is 5.95 Å². The van der Waals surface area contributed by atoms with Crippen LogP contribution in [0.2, 0.25) is 0 Å². The van der Waals surface area contributed by atoms with Gasteiger partial charge in [-0.1, -0.05) is 6.07 Å². The van der Waals surface area contributed by atoms with Crippen LogP contribution in [0.25, 0.3) is 11.0 Å². The molecular formula is C19H24ClN7O. The summed E-state index contributed by atoms with van der Waals surface area (Å²) in [4.78, 5) is 28.2. The second kappa shape index (κ2) is 8.64. The molecule has 0 amide bonds. The number of hydrogen-bond acceptors (Lipinski definition) is 7. The lowest BCUT2D eigenvalue weighted by Gasteiger charge is -2.34. The van der Waals surface area contributed by atoms with Crippen molar-refractivity contribution in [1.82, 2.24) is 30.2 Å². The summed E-state index contributed by atoms with van der Waals surface area (Å²) in [7, 11) is 0. The number of nitrogens with zero attached hydrogens (tertiary/aromatic N) is 5. The highest BCUT2D eigenvalue weighted by Gasteiger charge is 2.26. The van der Waals surface area contributed by atoms with Crippen LogP contribution < -0.4 is 21.1 Å². The Morgan fingerprint density at radius 1 is 1.18 bits per heavy atom. The number of nitrogens with one attached hydrogen (secondary N) is 2. The topological polar surface area (TPSA) is 88.0 Å². The molecule has 28 heavy (non-hydrogen) atoms. The maximum atomic E-state index is 12.4. The summed E-state index contributed by atoms with van der Waals surface area (Å²) in [6.45, 7) is 6.46. The molecule has 8 nitrogen and oxygen atoms in total. The second-order valence-electron chi connectivity index (χ2n) is 6.82. The molecular weight excluding hydrogens is 378 g/mol. The van der Waals surface area contributed by atoms with Gasteiger partial charge >= 0.3 is 0 Å². The van der Waals surface area contributed by atoms with Crippen LogP contribution >= 0.6 is 12.4 Å². The molecule has 1 saturated heterocycles. The Hall–Kier alpha value is -2.55. The van der Waals surface area contributed by atoms with Crippen LogP contribution in [0.4, 0.5) is 11.8 Å². The number of fused-ring (bicyclic) bond motifs is 1. The predicted molar refractivity (Wildman–Crippen MR) is 112 cm³/mol. The van der Waals surface area contributed by atoms with Crippen molar-refractivity contribution in [2.24, 2.45) is 0 Å². The molecule has 4 heterocycles. The number of aromatic nitrogens is 4. The first-order valence-electron chi connectivity index (χ1n) is 9.18.